The summed E-state index contributed by atoms with van der Waals surface area (Å²) in [5.41, 5.74) is 4.74. The molecule has 0 atom stereocenters. The van der Waals surface area contributed by atoms with Gasteiger partial charge in [0.15, 0.2) is 0 Å². The molecule has 33 heavy (non-hydrogen) atoms. The normalized spacial score (nSPS) is 13.5. The fraction of sp³-hybridized carbons (Fsp3) is 0.185. The van der Waals surface area contributed by atoms with Crippen molar-refractivity contribution in [2.75, 3.05) is 19.5 Å². The predicted molar refractivity (Wildman–Crippen MR) is 128 cm³/mol. The fourth-order valence-corrected chi connectivity index (χ4v) is 3.86. The Labute approximate surface area is 193 Å². The smallest absolute Gasteiger partial charge is 0.278 e. The second-order valence-electron chi connectivity index (χ2n) is 7.94. The number of amides is 2. The Morgan fingerprint density at radius 1 is 0.848 bits per heavy atom. The van der Waals surface area contributed by atoms with Crippen molar-refractivity contribution in [2.45, 2.75) is 20.4 Å². The molecule has 0 radical (unpaired) electrons. The standard InChI is InChI=1S/C27H26N2O4/c1-17-9-10-18(2)22(15-17)28-25-24(21-7-5-6-8-23(21)33-4)26(30)29(27(25)31)16-19-11-13-20(32-3)14-12-19/h5-15,28H,16H2,1-4H3. The topological polar surface area (TPSA) is 67.9 Å². The zero-order chi connectivity index (χ0) is 23.5. The second kappa shape index (κ2) is 9.20. The molecule has 0 spiro atoms. The highest BCUT2D eigenvalue weighted by atomic mass is 16.5. The van der Waals surface area contributed by atoms with E-state index in [2.05, 4.69) is 5.32 Å². The zero-order valence-corrected chi connectivity index (χ0v) is 19.1. The molecule has 0 unspecified atom stereocenters. The summed E-state index contributed by atoms with van der Waals surface area (Å²) in [5, 5.41) is 3.26. The van der Waals surface area contributed by atoms with Gasteiger partial charge in [-0.05, 0) is 54.8 Å². The molecule has 0 saturated carbocycles. The fourth-order valence-electron chi connectivity index (χ4n) is 3.86. The van der Waals surface area contributed by atoms with Gasteiger partial charge in [0, 0.05) is 11.3 Å². The summed E-state index contributed by atoms with van der Waals surface area (Å²) in [4.78, 5) is 28.4. The molecule has 1 aliphatic heterocycles. The van der Waals surface area contributed by atoms with Gasteiger partial charge in [-0.1, -0.05) is 42.5 Å². The van der Waals surface area contributed by atoms with Gasteiger partial charge in [-0.25, -0.2) is 0 Å². The number of nitrogens with zero attached hydrogens (tertiary/aromatic N) is 1. The van der Waals surface area contributed by atoms with Gasteiger partial charge < -0.3 is 14.8 Å². The van der Waals surface area contributed by atoms with Crippen LogP contribution in [-0.2, 0) is 16.1 Å². The van der Waals surface area contributed by atoms with Gasteiger partial charge in [0.1, 0.15) is 17.2 Å². The third-order valence-corrected chi connectivity index (χ3v) is 5.70. The van der Waals surface area contributed by atoms with E-state index in [9.17, 15) is 9.59 Å². The minimum absolute atomic E-state index is 0.151. The minimum Gasteiger partial charge on any atom is -0.497 e. The summed E-state index contributed by atoms with van der Waals surface area (Å²) in [7, 11) is 3.14. The molecule has 1 heterocycles. The van der Waals surface area contributed by atoms with Crippen LogP contribution in [-0.4, -0.2) is 30.9 Å². The maximum atomic E-state index is 13.6. The number of hydrogen-bond acceptors (Lipinski definition) is 5. The third kappa shape index (κ3) is 4.32. The van der Waals surface area contributed by atoms with Crippen molar-refractivity contribution in [3.8, 4) is 11.5 Å². The monoisotopic (exact) mass is 442 g/mol. The molecule has 0 saturated heterocycles. The quantitative estimate of drug-likeness (QED) is 0.537. The van der Waals surface area contributed by atoms with Crippen LogP contribution in [0.3, 0.4) is 0 Å². The highest BCUT2D eigenvalue weighted by Gasteiger charge is 2.40. The summed E-state index contributed by atoms with van der Waals surface area (Å²) < 4.78 is 10.7. The third-order valence-electron chi connectivity index (χ3n) is 5.70. The van der Waals surface area contributed by atoms with Crippen molar-refractivity contribution in [3.63, 3.8) is 0 Å². The second-order valence-corrected chi connectivity index (χ2v) is 7.94. The van der Waals surface area contributed by atoms with Crippen LogP contribution < -0.4 is 14.8 Å². The first-order chi connectivity index (χ1) is 15.9. The molecular formula is C27H26N2O4. The molecule has 3 aromatic carbocycles. The van der Waals surface area contributed by atoms with Crippen molar-refractivity contribution < 1.29 is 19.1 Å². The summed E-state index contributed by atoms with van der Waals surface area (Å²) in [6, 6.07) is 20.5. The SMILES string of the molecule is COc1ccc(CN2C(=O)C(Nc3cc(C)ccc3C)=C(c3ccccc3OC)C2=O)cc1. The van der Waals surface area contributed by atoms with E-state index in [0.29, 0.717) is 22.6 Å². The number of methoxy groups -OCH3 is 2. The lowest BCUT2D eigenvalue weighted by Crippen LogP contribution is -2.32. The first kappa shape index (κ1) is 22.1. The molecule has 0 fully saturated rings. The van der Waals surface area contributed by atoms with Gasteiger partial charge in [0.05, 0.1) is 26.3 Å². The number of carbonyl (C=O) groups is 2. The maximum absolute atomic E-state index is 13.6. The maximum Gasteiger partial charge on any atom is 0.278 e. The molecule has 4 rings (SSSR count). The number of benzene rings is 3. The van der Waals surface area contributed by atoms with E-state index < -0.39 is 0 Å². The zero-order valence-electron chi connectivity index (χ0n) is 19.1. The molecule has 0 bridgehead atoms. The van der Waals surface area contributed by atoms with E-state index in [1.807, 2.05) is 68.4 Å². The van der Waals surface area contributed by atoms with Crippen LogP contribution in [0.15, 0.2) is 72.4 Å². The number of ether oxygens (including phenoxy) is 2. The highest BCUT2D eigenvalue weighted by Crippen LogP contribution is 2.36. The molecule has 0 aromatic heterocycles. The molecule has 168 valence electrons. The average Bonchev–Trinajstić information content (AvgIpc) is 3.06. The summed E-state index contributed by atoms with van der Waals surface area (Å²) in [5.74, 6) is 0.494. The molecule has 6 heteroatoms. The molecule has 6 nitrogen and oxygen atoms in total. The van der Waals surface area contributed by atoms with Crippen molar-refractivity contribution in [2.24, 2.45) is 0 Å². The molecule has 2 amide bonds. The largest absolute Gasteiger partial charge is 0.497 e. The summed E-state index contributed by atoms with van der Waals surface area (Å²) in [6.45, 7) is 4.09. The number of nitrogens with one attached hydrogen (secondary N) is 1. The number of hydrogen-bond donors (Lipinski definition) is 1. The van der Waals surface area contributed by atoms with E-state index >= 15 is 0 Å². The van der Waals surface area contributed by atoms with Crippen LogP contribution in [0.25, 0.3) is 5.57 Å². The molecule has 1 N–H and O–H groups in total. The Bertz CT molecular complexity index is 1250. The highest BCUT2D eigenvalue weighted by molar-refractivity contribution is 6.37. The average molecular weight is 443 g/mol. The van der Waals surface area contributed by atoms with Crippen molar-refractivity contribution in [1.29, 1.82) is 0 Å². The van der Waals surface area contributed by atoms with E-state index in [-0.39, 0.29) is 24.1 Å². The van der Waals surface area contributed by atoms with Gasteiger partial charge >= 0.3 is 0 Å². The van der Waals surface area contributed by atoms with Gasteiger partial charge in [0.25, 0.3) is 11.8 Å². The Hall–Kier alpha value is -4.06. The Kier molecular flexibility index (Phi) is 6.18. The lowest BCUT2D eigenvalue weighted by Gasteiger charge is -2.16. The van der Waals surface area contributed by atoms with Gasteiger partial charge in [0.2, 0.25) is 0 Å². The first-order valence-corrected chi connectivity index (χ1v) is 10.6. The van der Waals surface area contributed by atoms with Crippen molar-refractivity contribution >= 4 is 23.1 Å². The van der Waals surface area contributed by atoms with E-state index in [4.69, 9.17) is 9.47 Å². The van der Waals surface area contributed by atoms with E-state index in [1.165, 1.54) is 4.90 Å². The van der Waals surface area contributed by atoms with Crippen LogP contribution in [0.2, 0.25) is 0 Å². The molecule has 3 aromatic rings. The number of carbonyl (C=O) groups excluding carboxylic acids is 2. The van der Waals surface area contributed by atoms with E-state index in [0.717, 1.165) is 22.4 Å². The number of aryl methyl sites for hydroxylation is 2. The van der Waals surface area contributed by atoms with Crippen LogP contribution in [0.5, 0.6) is 11.5 Å². The summed E-state index contributed by atoms with van der Waals surface area (Å²) in [6.07, 6.45) is 0. The Morgan fingerprint density at radius 2 is 1.58 bits per heavy atom. The number of imide groups is 1. The van der Waals surface area contributed by atoms with Crippen molar-refractivity contribution in [1.82, 2.24) is 4.90 Å². The number of anilines is 1. The summed E-state index contributed by atoms with van der Waals surface area (Å²) >= 11 is 0. The Morgan fingerprint density at radius 3 is 2.27 bits per heavy atom. The number of rotatable bonds is 7. The van der Waals surface area contributed by atoms with Crippen LogP contribution in [0.4, 0.5) is 5.69 Å². The lowest BCUT2D eigenvalue weighted by molar-refractivity contribution is -0.137. The van der Waals surface area contributed by atoms with Crippen LogP contribution in [0.1, 0.15) is 22.3 Å². The first-order valence-electron chi connectivity index (χ1n) is 10.6. The lowest BCUT2D eigenvalue weighted by atomic mass is 10.0. The molecular weight excluding hydrogens is 416 g/mol. The number of para-hydroxylation sites is 1. The van der Waals surface area contributed by atoms with Crippen LogP contribution >= 0.6 is 0 Å². The minimum atomic E-state index is -0.377. The van der Waals surface area contributed by atoms with Crippen LogP contribution in [0, 0.1) is 13.8 Å². The Balaban J connectivity index is 1.78. The molecule has 1 aliphatic rings. The van der Waals surface area contributed by atoms with Gasteiger partial charge in [-0.2, -0.15) is 0 Å². The molecule has 0 aliphatic carbocycles. The van der Waals surface area contributed by atoms with E-state index in [1.54, 1.807) is 26.4 Å². The van der Waals surface area contributed by atoms with Gasteiger partial charge in [-0.15, -0.1) is 0 Å². The van der Waals surface area contributed by atoms with Crippen molar-refractivity contribution in [3.05, 3.63) is 94.7 Å². The van der Waals surface area contributed by atoms with Gasteiger partial charge in [-0.3, -0.25) is 14.5 Å². The predicted octanol–water partition coefficient (Wildman–Crippen LogP) is 4.71.